The minimum atomic E-state index is -0.933. The van der Waals surface area contributed by atoms with Crippen LogP contribution in [0.3, 0.4) is 0 Å². The molecular weight excluding hydrogens is 383 g/mol. The van der Waals surface area contributed by atoms with Crippen LogP contribution < -0.4 is 10.6 Å². The number of rotatable bonds is 9. The summed E-state index contributed by atoms with van der Waals surface area (Å²) in [7, 11) is -0.801. The predicted molar refractivity (Wildman–Crippen MR) is 116 cm³/mol. The lowest BCUT2D eigenvalue weighted by atomic mass is 9.74. The number of amides is 2. The van der Waals surface area contributed by atoms with Crippen LogP contribution in [0, 0.1) is 11.8 Å². The van der Waals surface area contributed by atoms with Crippen molar-refractivity contribution in [3.8, 4) is 0 Å². The van der Waals surface area contributed by atoms with E-state index in [1.54, 1.807) is 0 Å². The molecule has 0 spiro atoms. The van der Waals surface area contributed by atoms with Crippen LogP contribution in [-0.2, 0) is 23.7 Å². The molecule has 0 unspecified atom stereocenters. The first kappa shape index (κ1) is 24.7. The normalized spacial score (nSPS) is 21.0. The summed E-state index contributed by atoms with van der Waals surface area (Å²) in [6, 6.07) is 0. The van der Waals surface area contributed by atoms with E-state index in [1.807, 2.05) is 27.7 Å². The summed E-state index contributed by atoms with van der Waals surface area (Å²) in [5.74, 6) is -0.853. The van der Waals surface area contributed by atoms with Gasteiger partial charge in [-0.05, 0) is 38.0 Å². The van der Waals surface area contributed by atoms with Gasteiger partial charge in [0.05, 0.1) is 12.5 Å². The van der Waals surface area contributed by atoms with Crippen LogP contribution in [0.4, 0.5) is 0 Å². The van der Waals surface area contributed by atoms with Crippen molar-refractivity contribution in [3.05, 3.63) is 0 Å². The Labute approximate surface area is 181 Å². The molecule has 0 radical (unpaired) electrons. The zero-order valence-electron chi connectivity index (χ0n) is 19.1. The third kappa shape index (κ3) is 6.72. The molecule has 2 aliphatic rings. The SMILES string of the molecule is CCC1(CC)OB([C@H](CC(C)C)NC(=O)CNC(=O)C2CCCCCCC2)OC1=O. The molecule has 2 rings (SSSR count). The lowest BCUT2D eigenvalue weighted by Gasteiger charge is -2.25. The third-order valence-corrected chi connectivity index (χ3v) is 6.38. The van der Waals surface area contributed by atoms with Gasteiger partial charge < -0.3 is 19.9 Å². The van der Waals surface area contributed by atoms with Gasteiger partial charge in [0.1, 0.15) is 0 Å². The zero-order chi connectivity index (χ0) is 22.1. The van der Waals surface area contributed by atoms with Crippen molar-refractivity contribution >= 4 is 24.9 Å². The van der Waals surface area contributed by atoms with E-state index in [1.165, 1.54) is 19.3 Å². The van der Waals surface area contributed by atoms with Crippen molar-refractivity contribution < 1.29 is 23.7 Å². The molecule has 1 saturated heterocycles. The van der Waals surface area contributed by atoms with Gasteiger partial charge in [0.15, 0.2) is 5.60 Å². The van der Waals surface area contributed by atoms with Crippen LogP contribution in [0.5, 0.6) is 0 Å². The van der Waals surface area contributed by atoms with Crippen LogP contribution in [0.2, 0.25) is 0 Å². The fourth-order valence-corrected chi connectivity index (χ4v) is 4.41. The van der Waals surface area contributed by atoms with Crippen molar-refractivity contribution in [2.24, 2.45) is 11.8 Å². The van der Waals surface area contributed by atoms with E-state index in [9.17, 15) is 14.4 Å². The quantitative estimate of drug-likeness (QED) is 0.557. The Morgan fingerprint density at radius 3 is 2.23 bits per heavy atom. The highest BCUT2D eigenvalue weighted by Gasteiger charge is 2.53. The van der Waals surface area contributed by atoms with Gasteiger partial charge in [-0.15, -0.1) is 0 Å². The summed E-state index contributed by atoms with van der Waals surface area (Å²) in [5, 5.41) is 5.72. The van der Waals surface area contributed by atoms with Gasteiger partial charge >= 0.3 is 13.1 Å². The Morgan fingerprint density at radius 1 is 1.10 bits per heavy atom. The summed E-state index contributed by atoms with van der Waals surface area (Å²) in [6.07, 6.45) is 9.21. The van der Waals surface area contributed by atoms with E-state index >= 15 is 0 Å². The number of nitrogens with one attached hydrogen (secondary N) is 2. The Kier molecular flexibility index (Phi) is 9.66. The highest BCUT2D eigenvalue weighted by Crippen LogP contribution is 2.31. The number of hydrogen-bond acceptors (Lipinski definition) is 5. The Balaban J connectivity index is 1.90. The van der Waals surface area contributed by atoms with Gasteiger partial charge in [0, 0.05) is 5.92 Å². The molecule has 1 aliphatic heterocycles. The topological polar surface area (TPSA) is 93.7 Å². The van der Waals surface area contributed by atoms with Gasteiger partial charge in [0.25, 0.3) is 0 Å². The molecule has 2 N–H and O–H groups in total. The Hall–Kier alpha value is -1.57. The van der Waals surface area contributed by atoms with Crippen molar-refractivity contribution in [1.29, 1.82) is 0 Å². The first-order valence-corrected chi connectivity index (χ1v) is 11.8. The van der Waals surface area contributed by atoms with Crippen LogP contribution in [0.1, 0.15) is 91.9 Å². The van der Waals surface area contributed by atoms with Crippen LogP contribution >= 0.6 is 0 Å². The summed E-state index contributed by atoms with van der Waals surface area (Å²) < 4.78 is 11.5. The van der Waals surface area contributed by atoms with Crippen molar-refractivity contribution in [2.75, 3.05) is 6.54 Å². The fourth-order valence-electron chi connectivity index (χ4n) is 4.41. The van der Waals surface area contributed by atoms with Gasteiger partial charge in [-0.1, -0.05) is 59.8 Å². The molecule has 30 heavy (non-hydrogen) atoms. The molecule has 2 amide bonds. The molecule has 1 atom stereocenters. The summed E-state index contributed by atoms with van der Waals surface area (Å²) >= 11 is 0. The molecule has 0 aromatic heterocycles. The molecule has 7 nitrogen and oxygen atoms in total. The minimum Gasteiger partial charge on any atom is -0.506 e. The predicted octanol–water partition coefficient (Wildman–Crippen LogP) is 3.15. The smallest absolute Gasteiger partial charge is 0.506 e. The average molecular weight is 422 g/mol. The van der Waals surface area contributed by atoms with Gasteiger partial charge in [0.2, 0.25) is 11.8 Å². The third-order valence-electron chi connectivity index (χ3n) is 6.38. The second kappa shape index (κ2) is 11.7. The minimum absolute atomic E-state index is 0.00148. The lowest BCUT2D eigenvalue weighted by Crippen LogP contribution is -2.51. The number of carbonyl (C=O) groups excluding carboxylic acids is 3. The fraction of sp³-hybridized carbons (Fsp3) is 0.864. The second-order valence-electron chi connectivity index (χ2n) is 9.16. The molecule has 8 heteroatoms. The Morgan fingerprint density at radius 2 is 1.70 bits per heavy atom. The summed E-state index contributed by atoms with van der Waals surface area (Å²) in [5.41, 5.74) is -0.933. The first-order valence-electron chi connectivity index (χ1n) is 11.8. The Bertz CT molecular complexity index is 586. The molecule has 1 saturated carbocycles. The van der Waals surface area contributed by atoms with Crippen molar-refractivity contribution in [1.82, 2.24) is 10.6 Å². The van der Waals surface area contributed by atoms with Crippen molar-refractivity contribution in [2.45, 2.75) is 103 Å². The molecule has 0 bridgehead atoms. The first-order chi connectivity index (χ1) is 14.3. The van der Waals surface area contributed by atoms with Crippen LogP contribution in [0.15, 0.2) is 0 Å². The van der Waals surface area contributed by atoms with Gasteiger partial charge in [-0.3, -0.25) is 14.4 Å². The van der Waals surface area contributed by atoms with E-state index in [2.05, 4.69) is 10.6 Å². The zero-order valence-corrected chi connectivity index (χ0v) is 19.1. The van der Waals surface area contributed by atoms with E-state index < -0.39 is 18.7 Å². The second-order valence-corrected chi connectivity index (χ2v) is 9.16. The average Bonchev–Trinajstić information content (AvgIpc) is 3.02. The highest BCUT2D eigenvalue weighted by atomic mass is 16.7. The maximum atomic E-state index is 12.6. The molecule has 0 aromatic carbocycles. The maximum absolute atomic E-state index is 12.6. The van der Waals surface area contributed by atoms with Gasteiger partial charge in [-0.2, -0.15) is 0 Å². The summed E-state index contributed by atoms with van der Waals surface area (Å²) in [6.45, 7) is 7.80. The standard InChI is InChI=1S/C22H39BN2O5/c1-5-22(6-2)21(28)29-23(30-22)18(14-16(3)4)25-19(26)15-24-20(27)17-12-10-8-7-9-11-13-17/h16-18H,5-15H2,1-4H3,(H,24,27)(H,25,26)/t18-/m0/s1. The molecule has 2 fully saturated rings. The monoisotopic (exact) mass is 422 g/mol. The van der Waals surface area contributed by atoms with E-state index in [4.69, 9.17) is 9.31 Å². The van der Waals surface area contributed by atoms with Crippen LogP contribution in [-0.4, -0.2) is 43.0 Å². The van der Waals surface area contributed by atoms with Gasteiger partial charge in [-0.25, -0.2) is 0 Å². The molecule has 0 aromatic rings. The van der Waals surface area contributed by atoms with E-state index in [0.29, 0.717) is 19.3 Å². The largest absolute Gasteiger partial charge is 0.552 e. The van der Waals surface area contributed by atoms with Crippen molar-refractivity contribution in [3.63, 3.8) is 0 Å². The summed E-state index contributed by atoms with van der Waals surface area (Å²) in [4.78, 5) is 37.4. The van der Waals surface area contributed by atoms with Crippen LogP contribution in [0.25, 0.3) is 0 Å². The maximum Gasteiger partial charge on any atom is 0.552 e. The lowest BCUT2D eigenvalue weighted by molar-refractivity contribution is -0.143. The molecule has 1 aliphatic carbocycles. The van der Waals surface area contributed by atoms with E-state index in [-0.39, 0.29) is 36.2 Å². The van der Waals surface area contributed by atoms with E-state index in [0.717, 1.165) is 25.7 Å². The highest BCUT2D eigenvalue weighted by molar-refractivity contribution is 6.51. The number of hydrogen-bond donors (Lipinski definition) is 2. The molecule has 170 valence electrons. The molecule has 1 heterocycles. The molecular formula is C22H39BN2O5. The number of carbonyl (C=O) groups is 3.